The highest BCUT2D eigenvalue weighted by Gasteiger charge is 2.29. The number of aliphatic hydroxyl groups excluding tert-OH is 1. The van der Waals surface area contributed by atoms with Gasteiger partial charge in [-0.25, -0.2) is 0 Å². The van der Waals surface area contributed by atoms with E-state index in [0.717, 1.165) is 6.61 Å². The van der Waals surface area contributed by atoms with E-state index in [1.807, 2.05) is 0 Å². The molecule has 1 heterocycles. The van der Waals surface area contributed by atoms with Crippen molar-refractivity contribution in [3.8, 4) is 0 Å². The van der Waals surface area contributed by atoms with E-state index in [9.17, 15) is 0 Å². The summed E-state index contributed by atoms with van der Waals surface area (Å²) in [6.45, 7) is 8.10. The summed E-state index contributed by atoms with van der Waals surface area (Å²) in [5.41, 5.74) is 0. The molecule has 2 atom stereocenters. The standard InChI is InChI=1S/C9H19NO2/c1-7(2)10-8(3)5-12-6-9(10)4-11/h7-9,11H,4-6H2,1-3H3. The average molecular weight is 173 g/mol. The summed E-state index contributed by atoms with van der Waals surface area (Å²) in [7, 11) is 0. The van der Waals surface area contributed by atoms with Gasteiger partial charge in [-0.15, -0.1) is 0 Å². The maximum Gasteiger partial charge on any atom is 0.0645 e. The Hall–Kier alpha value is -0.120. The summed E-state index contributed by atoms with van der Waals surface area (Å²) in [6, 6.07) is 1.10. The Morgan fingerprint density at radius 3 is 2.58 bits per heavy atom. The van der Waals surface area contributed by atoms with Crippen molar-refractivity contribution in [2.24, 2.45) is 0 Å². The maximum atomic E-state index is 9.11. The van der Waals surface area contributed by atoms with Gasteiger partial charge in [0, 0.05) is 12.1 Å². The van der Waals surface area contributed by atoms with Gasteiger partial charge in [0.15, 0.2) is 0 Å². The van der Waals surface area contributed by atoms with Crippen molar-refractivity contribution in [3.63, 3.8) is 0 Å². The number of ether oxygens (including phenoxy) is 1. The second-order valence-electron chi connectivity index (χ2n) is 3.76. The van der Waals surface area contributed by atoms with Crippen LogP contribution in [0.5, 0.6) is 0 Å². The zero-order chi connectivity index (χ0) is 9.14. The van der Waals surface area contributed by atoms with E-state index >= 15 is 0 Å². The fourth-order valence-corrected chi connectivity index (χ4v) is 1.98. The topological polar surface area (TPSA) is 32.7 Å². The molecule has 72 valence electrons. The molecule has 1 aliphatic heterocycles. The van der Waals surface area contributed by atoms with E-state index in [-0.39, 0.29) is 12.6 Å². The normalized spacial score (nSPS) is 32.8. The minimum absolute atomic E-state index is 0.189. The summed E-state index contributed by atoms with van der Waals surface area (Å²) in [5.74, 6) is 0. The fraction of sp³-hybridized carbons (Fsp3) is 1.00. The molecule has 1 rings (SSSR count). The summed E-state index contributed by atoms with van der Waals surface area (Å²) in [5, 5.41) is 9.11. The molecule has 1 N–H and O–H groups in total. The third-order valence-corrected chi connectivity index (χ3v) is 2.41. The molecule has 0 aromatic carbocycles. The van der Waals surface area contributed by atoms with E-state index in [4.69, 9.17) is 9.84 Å². The van der Waals surface area contributed by atoms with Crippen molar-refractivity contribution >= 4 is 0 Å². The molecule has 0 radical (unpaired) electrons. The highest BCUT2D eigenvalue weighted by atomic mass is 16.5. The van der Waals surface area contributed by atoms with Gasteiger partial charge in [0.2, 0.25) is 0 Å². The van der Waals surface area contributed by atoms with Gasteiger partial charge in [-0.3, -0.25) is 4.90 Å². The smallest absolute Gasteiger partial charge is 0.0645 e. The molecule has 0 spiro atoms. The van der Waals surface area contributed by atoms with Crippen LogP contribution in [-0.2, 0) is 4.74 Å². The van der Waals surface area contributed by atoms with Crippen LogP contribution in [0, 0.1) is 0 Å². The fourth-order valence-electron chi connectivity index (χ4n) is 1.98. The highest BCUT2D eigenvalue weighted by Crippen LogP contribution is 2.16. The molecule has 2 unspecified atom stereocenters. The molecule has 3 nitrogen and oxygen atoms in total. The Labute approximate surface area is 74.3 Å². The SMILES string of the molecule is CC(C)N1C(C)COCC1CO. The zero-order valence-electron chi connectivity index (χ0n) is 8.16. The van der Waals surface area contributed by atoms with Gasteiger partial charge in [0.25, 0.3) is 0 Å². The Balaban J connectivity index is 2.59. The van der Waals surface area contributed by atoms with Crippen LogP contribution in [0.3, 0.4) is 0 Å². The van der Waals surface area contributed by atoms with Crippen molar-refractivity contribution in [2.75, 3.05) is 19.8 Å². The van der Waals surface area contributed by atoms with Crippen LogP contribution in [0.2, 0.25) is 0 Å². The van der Waals surface area contributed by atoms with Crippen molar-refractivity contribution in [1.82, 2.24) is 4.90 Å². The lowest BCUT2D eigenvalue weighted by molar-refractivity contribution is -0.0733. The van der Waals surface area contributed by atoms with E-state index in [2.05, 4.69) is 25.7 Å². The van der Waals surface area contributed by atoms with Gasteiger partial charge in [0.1, 0.15) is 0 Å². The first-order valence-corrected chi connectivity index (χ1v) is 4.62. The van der Waals surface area contributed by atoms with Crippen molar-refractivity contribution in [1.29, 1.82) is 0 Å². The van der Waals surface area contributed by atoms with Gasteiger partial charge in [-0.05, 0) is 20.8 Å². The summed E-state index contributed by atoms with van der Waals surface area (Å²) in [6.07, 6.45) is 0. The quantitative estimate of drug-likeness (QED) is 0.659. The number of rotatable bonds is 2. The minimum atomic E-state index is 0.189. The van der Waals surface area contributed by atoms with Crippen LogP contribution < -0.4 is 0 Å². The third-order valence-electron chi connectivity index (χ3n) is 2.41. The van der Waals surface area contributed by atoms with Crippen LogP contribution in [0.4, 0.5) is 0 Å². The summed E-state index contributed by atoms with van der Waals surface area (Å²) < 4.78 is 5.36. The largest absolute Gasteiger partial charge is 0.395 e. The monoisotopic (exact) mass is 173 g/mol. The van der Waals surface area contributed by atoms with Gasteiger partial charge in [-0.1, -0.05) is 0 Å². The Bertz CT molecular complexity index is 138. The Kier molecular flexibility index (Phi) is 3.50. The second kappa shape index (κ2) is 4.21. The minimum Gasteiger partial charge on any atom is -0.395 e. The molecule has 0 aliphatic carbocycles. The second-order valence-corrected chi connectivity index (χ2v) is 3.76. The van der Waals surface area contributed by atoms with E-state index in [1.165, 1.54) is 0 Å². The highest BCUT2D eigenvalue weighted by molar-refractivity contribution is 4.82. The average Bonchev–Trinajstić information content (AvgIpc) is 2.03. The Morgan fingerprint density at radius 2 is 2.17 bits per heavy atom. The maximum absolute atomic E-state index is 9.11. The number of hydrogen-bond acceptors (Lipinski definition) is 3. The van der Waals surface area contributed by atoms with Gasteiger partial charge >= 0.3 is 0 Å². The molecule has 0 amide bonds. The lowest BCUT2D eigenvalue weighted by Gasteiger charge is -2.42. The molecule has 1 aliphatic rings. The molecule has 0 saturated carbocycles. The van der Waals surface area contributed by atoms with Gasteiger partial charge in [-0.2, -0.15) is 0 Å². The molecule has 3 heteroatoms. The molecule has 0 aromatic heterocycles. The predicted molar refractivity (Wildman–Crippen MR) is 48.1 cm³/mol. The zero-order valence-corrected chi connectivity index (χ0v) is 8.16. The number of nitrogens with zero attached hydrogens (tertiary/aromatic N) is 1. The molecule has 0 aromatic rings. The molecule has 12 heavy (non-hydrogen) atoms. The summed E-state index contributed by atoms with van der Waals surface area (Å²) >= 11 is 0. The number of hydrogen-bond donors (Lipinski definition) is 1. The van der Waals surface area contributed by atoms with Crippen LogP contribution in [-0.4, -0.2) is 48.0 Å². The van der Waals surface area contributed by atoms with Crippen molar-refractivity contribution in [2.45, 2.75) is 38.9 Å². The predicted octanol–water partition coefficient (Wildman–Crippen LogP) is 0.476. The Morgan fingerprint density at radius 1 is 1.50 bits per heavy atom. The van der Waals surface area contributed by atoms with Gasteiger partial charge in [0.05, 0.1) is 25.9 Å². The first kappa shape index (κ1) is 9.96. The van der Waals surface area contributed by atoms with E-state index in [0.29, 0.717) is 18.7 Å². The van der Waals surface area contributed by atoms with Crippen molar-refractivity contribution < 1.29 is 9.84 Å². The van der Waals surface area contributed by atoms with E-state index in [1.54, 1.807) is 0 Å². The molecule has 0 bridgehead atoms. The first-order valence-electron chi connectivity index (χ1n) is 4.62. The lowest BCUT2D eigenvalue weighted by atomic mass is 10.1. The van der Waals surface area contributed by atoms with Crippen LogP contribution in [0.15, 0.2) is 0 Å². The van der Waals surface area contributed by atoms with Crippen molar-refractivity contribution in [3.05, 3.63) is 0 Å². The lowest BCUT2D eigenvalue weighted by Crippen LogP contribution is -2.55. The third kappa shape index (κ3) is 1.97. The molecular weight excluding hydrogens is 154 g/mol. The summed E-state index contributed by atoms with van der Waals surface area (Å²) in [4.78, 5) is 2.32. The molecular formula is C9H19NO2. The van der Waals surface area contributed by atoms with Crippen LogP contribution in [0.25, 0.3) is 0 Å². The van der Waals surface area contributed by atoms with Gasteiger partial charge < -0.3 is 9.84 Å². The van der Waals surface area contributed by atoms with E-state index < -0.39 is 0 Å². The number of aliphatic hydroxyl groups is 1. The molecule has 1 saturated heterocycles. The number of morpholine rings is 1. The van der Waals surface area contributed by atoms with Crippen LogP contribution in [0.1, 0.15) is 20.8 Å². The molecule has 1 fully saturated rings. The first-order chi connectivity index (χ1) is 5.66. The van der Waals surface area contributed by atoms with Crippen LogP contribution >= 0.6 is 0 Å².